The maximum Gasteiger partial charge on any atom is 0.250 e. The molecule has 0 fully saturated rings. The summed E-state index contributed by atoms with van der Waals surface area (Å²) in [5, 5.41) is 6.59. The molecule has 0 spiro atoms. The number of aliphatic imine (C=N–C) groups is 1. The van der Waals surface area contributed by atoms with Crippen LogP contribution in [-0.2, 0) is 24.4 Å². The van der Waals surface area contributed by atoms with Crippen LogP contribution in [-0.4, -0.2) is 30.7 Å². The minimum Gasteiger partial charge on any atom is -0.467 e. The van der Waals surface area contributed by atoms with E-state index in [9.17, 15) is 4.79 Å². The summed E-state index contributed by atoms with van der Waals surface area (Å²) in [6.07, 6.45) is 4.32. The van der Waals surface area contributed by atoms with E-state index in [4.69, 9.17) is 9.15 Å². The highest BCUT2D eigenvalue weighted by molar-refractivity contribution is 14.0. The van der Waals surface area contributed by atoms with Gasteiger partial charge in [0, 0.05) is 39.0 Å². The molecule has 3 aromatic rings. The number of benzene rings is 1. The molecule has 166 valence electrons. The van der Waals surface area contributed by atoms with Gasteiger partial charge in [-0.25, -0.2) is 0 Å². The molecule has 8 heteroatoms. The molecular weight excluding hydrogens is 507 g/mol. The molecule has 3 rings (SSSR count). The lowest BCUT2D eigenvalue weighted by Crippen LogP contribution is -2.37. The molecule has 0 unspecified atom stereocenters. The summed E-state index contributed by atoms with van der Waals surface area (Å²) in [5.41, 5.74) is 2.23. The van der Waals surface area contributed by atoms with Crippen molar-refractivity contribution in [3.05, 3.63) is 94.3 Å². The number of pyridine rings is 1. The van der Waals surface area contributed by atoms with Gasteiger partial charge in [-0.15, -0.1) is 24.0 Å². The Balaban J connectivity index is 0.00000341. The van der Waals surface area contributed by atoms with Crippen LogP contribution >= 0.6 is 24.0 Å². The van der Waals surface area contributed by atoms with Crippen LogP contribution in [0.5, 0.6) is 0 Å². The lowest BCUT2D eigenvalue weighted by Gasteiger charge is -2.12. The molecule has 2 N–H and O–H groups in total. The lowest BCUT2D eigenvalue weighted by molar-refractivity contribution is 0.105. The van der Waals surface area contributed by atoms with E-state index in [1.54, 1.807) is 36.2 Å². The quantitative estimate of drug-likeness (QED) is 0.180. The minimum absolute atomic E-state index is 0. The normalized spacial score (nSPS) is 11.1. The molecule has 0 amide bonds. The average Bonchev–Trinajstić information content (AvgIpc) is 3.29. The standard InChI is InChI=1S/C23H28N4O3.HI/c1-24-23(25-12-5-14-29-18-21-6-4-15-30-21)26-16-19-8-10-20(11-9-19)17-27-13-3-2-7-22(27)28;/h2-4,6-11,13,15H,5,12,14,16-18H2,1H3,(H2,24,25,26);1H. The zero-order valence-electron chi connectivity index (χ0n) is 17.6. The second-order valence-corrected chi connectivity index (χ2v) is 6.82. The third-order valence-corrected chi connectivity index (χ3v) is 4.54. The molecular formula is C23H29IN4O3. The van der Waals surface area contributed by atoms with Crippen molar-refractivity contribution in [1.29, 1.82) is 0 Å². The number of furan rings is 1. The fourth-order valence-corrected chi connectivity index (χ4v) is 2.91. The maximum absolute atomic E-state index is 11.8. The summed E-state index contributed by atoms with van der Waals surface area (Å²) in [5.74, 6) is 1.59. The number of nitrogens with zero attached hydrogens (tertiary/aromatic N) is 2. The minimum atomic E-state index is 0. The summed E-state index contributed by atoms with van der Waals surface area (Å²) < 4.78 is 12.5. The topological polar surface area (TPSA) is 80.8 Å². The molecule has 1 aromatic carbocycles. The van der Waals surface area contributed by atoms with Gasteiger partial charge in [-0.2, -0.15) is 0 Å². The van der Waals surface area contributed by atoms with Crippen LogP contribution in [0.1, 0.15) is 23.3 Å². The van der Waals surface area contributed by atoms with Gasteiger partial charge in [-0.3, -0.25) is 9.79 Å². The van der Waals surface area contributed by atoms with E-state index in [1.807, 2.05) is 30.3 Å². The first-order valence-corrected chi connectivity index (χ1v) is 10.0. The van der Waals surface area contributed by atoms with Gasteiger partial charge < -0.3 is 24.4 Å². The first kappa shape index (κ1) is 24.7. The van der Waals surface area contributed by atoms with E-state index in [0.29, 0.717) is 26.3 Å². The van der Waals surface area contributed by atoms with Crippen LogP contribution in [0.2, 0.25) is 0 Å². The zero-order chi connectivity index (χ0) is 21.0. The van der Waals surface area contributed by atoms with Crippen LogP contribution in [0, 0.1) is 0 Å². The van der Waals surface area contributed by atoms with Gasteiger partial charge in [0.15, 0.2) is 5.96 Å². The number of aromatic nitrogens is 1. The van der Waals surface area contributed by atoms with Gasteiger partial charge in [0.2, 0.25) is 0 Å². The predicted octanol–water partition coefficient (Wildman–Crippen LogP) is 3.38. The number of hydrogen-bond donors (Lipinski definition) is 2. The Morgan fingerprint density at radius 1 is 1.06 bits per heavy atom. The van der Waals surface area contributed by atoms with Crippen molar-refractivity contribution < 1.29 is 9.15 Å². The molecule has 0 bridgehead atoms. The molecule has 0 saturated heterocycles. The smallest absolute Gasteiger partial charge is 0.250 e. The monoisotopic (exact) mass is 536 g/mol. The maximum atomic E-state index is 11.8. The zero-order valence-corrected chi connectivity index (χ0v) is 20.0. The molecule has 7 nitrogen and oxygen atoms in total. The third-order valence-electron chi connectivity index (χ3n) is 4.54. The first-order chi connectivity index (χ1) is 14.7. The van der Waals surface area contributed by atoms with E-state index < -0.39 is 0 Å². The number of rotatable bonds is 10. The van der Waals surface area contributed by atoms with Crippen molar-refractivity contribution in [2.24, 2.45) is 4.99 Å². The SMILES string of the molecule is CN=C(NCCCOCc1ccco1)NCc1ccc(Cn2ccccc2=O)cc1.I. The van der Waals surface area contributed by atoms with Crippen LogP contribution in [0.15, 0.2) is 81.3 Å². The number of hydrogen-bond acceptors (Lipinski definition) is 4. The number of halogens is 1. The number of guanidine groups is 1. The highest BCUT2D eigenvalue weighted by Gasteiger charge is 2.01. The lowest BCUT2D eigenvalue weighted by atomic mass is 10.1. The molecule has 31 heavy (non-hydrogen) atoms. The molecule has 0 aliphatic carbocycles. The van der Waals surface area contributed by atoms with Crippen LogP contribution in [0.25, 0.3) is 0 Å². The summed E-state index contributed by atoms with van der Waals surface area (Å²) in [7, 11) is 1.75. The largest absolute Gasteiger partial charge is 0.467 e. The molecule has 0 aliphatic rings. The summed E-state index contributed by atoms with van der Waals surface area (Å²) in [6.45, 7) is 3.15. The van der Waals surface area contributed by atoms with Crippen LogP contribution < -0.4 is 16.2 Å². The van der Waals surface area contributed by atoms with Gasteiger partial charge in [0.25, 0.3) is 5.56 Å². The van der Waals surface area contributed by atoms with E-state index in [0.717, 1.165) is 35.8 Å². The van der Waals surface area contributed by atoms with Crippen molar-refractivity contribution in [1.82, 2.24) is 15.2 Å². The summed E-state index contributed by atoms with van der Waals surface area (Å²) >= 11 is 0. The average molecular weight is 536 g/mol. The summed E-state index contributed by atoms with van der Waals surface area (Å²) in [6, 6.07) is 17.2. The Labute approximate surface area is 199 Å². The fourth-order valence-electron chi connectivity index (χ4n) is 2.91. The van der Waals surface area contributed by atoms with E-state index in [1.165, 1.54) is 0 Å². The first-order valence-electron chi connectivity index (χ1n) is 10.0. The van der Waals surface area contributed by atoms with E-state index >= 15 is 0 Å². The van der Waals surface area contributed by atoms with Gasteiger partial charge in [-0.1, -0.05) is 30.3 Å². The number of nitrogens with one attached hydrogen (secondary N) is 2. The van der Waals surface area contributed by atoms with Gasteiger partial charge >= 0.3 is 0 Å². The Bertz CT molecular complexity index is 969. The molecule has 2 heterocycles. The highest BCUT2D eigenvalue weighted by atomic mass is 127. The van der Waals surface area contributed by atoms with E-state index in [-0.39, 0.29) is 29.5 Å². The molecule has 0 atom stereocenters. The third kappa shape index (κ3) is 8.58. The Morgan fingerprint density at radius 3 is 2.58 bits per heavy atom. The van der Waals surface area contributed by atoms with Gasteiger partial charge in [-0.05, 0) is 35.7 Å². The van der Waals surface area contributed by atoms with Gasteiger partial charge in [0.1, 0.15) is 12.4 Å². The van der Waals surface area contributed by atoms with E-state index in [2.05, 4.69) is 27.8 Å². The molecule has 0 aliphatic heterocycles. The van der Waals surface area contributed by atoms with Crippen molar-refractivity contribution >= 4 is 29.9 Å². The fraction of sp³-hybridized carbons (Fsp3) is 0.304. The Hall–Kier alpha value is -2.59. The van der Waals surface area contributed by atoms with Crippen molar-refractivity contribution in [3.63, 3.8) is 0 Å². The second kappa shape index (κ2) is 13.7. The Morgan fingerprint density at radius 2 is 1.87 bits per heavy atom. The number of ether oxygens (including phenoxy) is 1. The molecule has 2 aromatic heterocycles. The second-order valence-electron chi connectivity index (χ2n) is 6.82. The van der Waals surface area contributed by atoms with Crippen LogP contribution in [0.4, 0.5) is 0 Å². The van der Waals surface area contributed by atoms with Crippen molar-refractivity contribution in [3.8, 4) is 0 Å². The highest BCUT2D eigenvalue weighted by Crippen LogP contribution is 2.06. The van der Waals surface area contributed by atoms with Crippen LogP contribution in [0.3, 0.4) is 0 Å². The van der Waals surface area contributed by atoms with Crippen molar-refractivity contribution in [2.45, 2.75) is 26.1 Å². The Kier molecular flexibility index (Phi) is 10.9. The summed E-state index contributed by atoms with van der Waals surface area (Å²) in [4.78, 5) is 16.1. The van der Waals surface area contributed by atoms with Crippen molar-refractivity contribution in [2.75, 3.05) is 20.2 Å². The van der Waals surface area contributed by atoms with Gasteiger partial charge in [0.05, 0.1) is 12.8 Å². The molecule has 0 radical (unpaired) electrons. The molecule has 0 saturated carbocycles. The predicted molar refractivity (Wildman–Crippen MR) is 133 cm³/mol.